The summed E-state index contributed by atoms with van der Waals surface area (Å²) >= 11 is 0. The number of benzene rings is 1. The van der Waals surface area contributed by atoms with Crippen LogP contribution in [0.1, 0.15) is 21.5 Å². The maximum absolute atomic E-state index is 13.0. The number of carbonyl (C=O) groups excluding carboxylic acids is 1. The van der Waals surface area contributed by atoms with E-state index in [-0.39, 0.29) is 6.29 Å². The summed E-state index contributed by atoms with van der Waals surface area (Å²) in [6, 6.07) is 2.48. The molecule has 0 aliphatic rings. The van der Waals surface area contributed by atoms with Crippen LogP contribution >= 0.6 is 0 Å². The summed E-state index contributed by atoms with van der Waals surface area (Å²) in [6.45, 7) is 0. The van der Waals surface area contributed by atoms with Crippen LogP contribution < -0.4 is 0 Å². The van der Waals surface area contributed by atoms with Crippen LogP contribution in [-0.2, 0) is 12.6 Å². The number of nitrogens with zero attached hydrogens (tertiary/aromatic N) is 1. The van der Waals surface area contributed by atoms with Gasteiger partial charge >= 0.3 is 6.18 Å². The van der Waals surface area contributed by atoms with Crippen molar-refractivity contribution in [3.05, 3.63) is 34.6 Å². The lowest BCUT2D eigenvalue weighted by Crippen LogP contribution is -2.11. The molecule has 0 saturated carbocycles. The minimum absolute atomic E-state index is 0.000722. The highest BCUT2D eigenvalue weighted by Crippen LogP contribution is 2.33. The van der Waals surface area contributed by atoms with Crippen molar-refractivity contribution in [3.8, 4) is 6.07 Å². The van der Waals surface area contributed by atoms with E-state index in [0.29, 0.717) is 12.1 Å². The van der Waals surface area contributed by atoms with Gasteiger partial charge in [0.1, 0.15) is 5.82 Å². The van der Waals surface area contributed by atoms with Gasteiger partial charge in [-0.2, -0.15) is 18.4 Å². The smallest absolute Gasteiger partial charge is 0.298 e. The standard InChI is InChI=1S/C10H5F4NO/c11-9-4-6(1-2-15)8(10(12,13)14)3-7(9)5-16/h3-5H,1H2. The minimum atomic E-state index is -4.71. The molecule has 0 heterocycles. The Morgan fingerprint density at radius 3 is 2.44 bits per heavy atom. The molecule has 1 rings (SSSR count). The van der Waals surface area contributed by atoms with Gasteiger partial charge in [0.15, 0.2) is 6.29 Å². The van der Waals surface area contributed by atoms with Crippen molar-refractivity contribution in [1.82, 2.24) is 0 Å². The molecule has 0 atom stereocenters. The molecule has 0 saturated heterocycles. The summed E-state index contributed by atoms with van der Waals surface area (Å²) in [5, 5.41) is 8.32. The Morgan fingerprint density at radius 2 is 2.00 bits per heavy atom. The highest BCUT2D eigenvalue weighted by molar-refractivity contribution is 5.76. The van der Waals surface area contributed by atoms with Crippen molar-refractivity contribution in [1.29, 1.82) is 5.26 Å². The Morgan fingerprint density at radius 1 is 1.38 bits per heavy atom. The lowest BCUT2D eigenvalue weighted by Gasteiger charge is -2.11. The zero-order valence-electron chi connectivity index (χ0n) is 7.81. The van der Waals surface area contributed by atoms with E-state index in [1.165, 1.54) is 6.07 Å². The van der Waals surface area contributed by atoms with E-state index in [9.17, 15) is 22.4 Å². The lowest BCUT2D eigenvalue weighted by atomic mass is 10.0. The molecule has 1 aromatic rings. The molecule has 0 spiro atoms. The highest BCUT2D eigenvalue weighted by Gasteiger charge is 2.34. The van der Waals surface area contributed by atoms with Crippen LogP contribution in [0.15, 0.2) is 12.1 Å². The first kappa shape index (κ1) is 12.2. The number of nitriles is 1. The summed E-state index contributed by atoms with van der Waals surface area (Å²) < 4.78 is 50.4. The summed E-state index contributed by atoms with van der Waals surface area (Å²) in [7, 11) is 0. The lowest BCUT2D eigenvalue weighted by molar-refractivity contribution is -0.138. The molecular weight excluding hydrogens is 226 g/mol. The van der Waals surface area contributed by atoms with Gasteiger partial charge in [-0.25, -0.2) is 4.39 Å². The number of hydrogen-bond acceptors (Lipinski definition) is 2. The van der Waals surface area contributed by atoms with Crippen LogP contribution in [0.5, 0.6) is 0 Å². The molecule has 0 unspecified atom stereocenters. The summed E-state index contributed by atoms with van der Waals surface area (Å²) in [4.78, 5) is 10.3. The van der Waals surface area contributed by atoms with Crippen molar-refractivity contribution in [3.63, 3.8) is 0 Å². The zero-order valence-corrected chi connectivity index (χ0v) is 7.81. The maximum Gasteiger partial charge on any atom is 0.416 e. The average Bonchev–Trinajstić information content (AvgIpc) is 2.16. The Kier molecular flexibility index (Phi) is 3.28. The van der Waals surface area contributed by atoms with E-state index in [4.69, 9.17) is 5.26 Å². The fraction of sp³-hybridized carbons (Fsp3) is 0.200. The van der Waals surface area contributed by atoms with Gasteiger partial charge in [0.05, 0.1) is 23.6 Å². The predicted octanol–water partition coefficient (Wildman–Crippen LogP) is 2.72. The van der Waals surface area contributed by atoms with Crippen LogP contribution in [0.3, 0.4) is 0 Å². The molecule has 0 aromatic heterocycles. The summed E-state index contributed by atoms with van der Waals surface area (Å²) in [5.74, 6) is -1.06. The van der Waals surface area contributed by atoms with Crippen molar-refractivity contribution >= 4 is 6.29 Å². The number of alkyl halides is 3. The zero-order chi connectivity index (χ0) is 12.3. The molecule has 16 heavy (non-hydrogen) atoms. The Balaban J connectivity index is 3.44. The van der Waals surface area contributed by atoms with Crippen molar-refractivity contribution in [2.45, 2.75) is 12.6 Å². The van der Waals surface area contributed by atoms with Gasteiger partial charge in [0.2, 0.25) is 0 Å². The largest absolute Gasteiger partial charge is 0.416 e. The van der Waals surface area contributed by atoms with Crippen molar-refractivity contribution in [2.75, 3.05) is 0 Å². The van der Waals surface area contributed by atoms with E-state index in [0.717, 1.165) is 0 Å². The summed E-state index contributed by atoms with van der Waals surface area (Å²) in [5.41, 5.74) is -2.30. The van der Waals surface area contributed by atoms with E-state index in [2.05, 4.69) is 0 Å². The number of aldehydes is 1. The van der Waals surface area contributed by atoms with E-state index in [1.54, 1.807) is 0 Å². The molecule has 0 N–H and O–H groups in total. The fourth-order valence-electron chi connectivity index (χ4n) is 1.22. The van der Waals surface area contributed by atoms with Crippen LogP contribution in [0.25, 0.3) is 0 Å². The Bertz CT molecular complexity index is 459. The molecule has 1 aromatic carbocycles. The van der Waals surface area contributed by atoms with Crippen LogP contribution in [0, 0.1) is 17.1 Å². The molecule has 0 amide bonds. The third kappa shape index (κ3) is 2.37. The molecule has 0 aliphatic carbocycles. The first-order valence-electron chi connectivity index (χ1n) is 4.12. The number of rotatable bonds is 2. The van der Waals surface area contributed by atoms with Crippen LogP contribution in [-0.4, -0.2) is 6.29 Å². The monoisotopic (exact) mass is 231 g/mol. The third-order valence-electron chi connectivity index (χ3n) is 1.92. The van der Waals surface area contributed by atoms with E-state index in [1.807, 2.05) is 0 Å². The number of carbonyl (C=O) groups is 1. The number of hydrogen-bond donors (Lipinski definition) is 0. The second-order valence-electron chi connectivity index (χ2n) is 2.98. The molecule has 84 valence electrons. The molecule has 0 radical (unpaired) electrons. The van der Waals surface area contributed by atoms with Gasteiger partial charge in [-0.3, -0.25) is 4.79 Å². The van der Waals surface area contributed by atoms with Gasteiger partial charge < -0.3 is 0 Å². The van der Waals surface area contributed by atoms with Crippen molar-refractivity contribution in [2.24, 2.45) is 0 Å². The quantitative estimate of drug-likeness (QED) is 0.580. The summed E-state index contributed by atoms with van der Waals surface area (Å²) in [6.07, 6.45) is -5.27. The molecule has 0 bridgehead atoms. The highest BCUT2D eigenvalue weighted by atomic mass is 19.4. The van der Waals surface area contributed by atoms with Crippen molar-refractivity contribution < 1.29 is 22.4 Å². The van der Waals surface area contributed by atoms with Gasteiger partial charge in [0.25, 0.3) is 0 Å². The molecule has 0 fully saturated rings. The van der Waals surface area contributed by atoms with Gasteiger partial charge in [-0.05, 0) is 17.7 Å². The van der Waals surface area contributed by atoms with Crippen LogP contribution in [0.4, 0.5) is 17.6 Å². The SMILES string of the molecule is N#CCc1cc(F)c(C=O)cc1C(F)(F)F. The Hall–Kier alpha value is -1.90. The fourth-order valence-corrected chi connectivity index (χ4v) is 1.22. The second-order valence-corrected chi connectivity index (χ2v) is 2.98. The molecule has 2 nitrogen and oxygen atoms in total. The molecule has 0 aliphatic heterocycles. The molecular formula is C10H5F4NO. The maximum atomic E-state index is 13.0. The first-order valence-corrected chi connectivity index (χ1v) is 4.12. The van der Waals surface area contributed by atoms with Gasteiger partial charge in [-0.1, -0.05) is 0 Å². The normalized spacial score (nSPS) is 10.9. The average molecular weight is 231 g/mol. The van der Waals surface area contributed by atoms with Gasteiger partial charge in [-0.15, -0.1) is 0 Å². The Labute approximate surface area is 88.1 Å². The second kappa shape index (κ2) is 4.31. The van der Waals surface area contributed by atoms with E-state index >= 15 is 0 Å². The van der Waals surface area contributed by atoms with Gasteiger partial charge in [0, 0.05) is 0 Å². The predicted molar refractivity (Wildman–Crippen MR) is 46.1 cm³/mol. The van der Waals surface area contributed by atoms with Crippen LogP contribution in [0.2, 0.25) is 0 Å². The first-order chi connectivity index (χ1) is 7.40. The third-order valence-corrected chi connectivity index (χ3v) is 1.92. The minimum Gasteiger partial charge on any atom is -0.298 e. The number of halogens is 4. The molecule has 6 heteroatoms. The topological polar surface area (TPSA) is 40.9 Å². The van der Waals surface area contributed by atoms with E-state index < -0.39 is 35.1 Å².